The van der Waals surface area contributed by atoms with Gasteiger partial charge in [-0.05, 0) is 25.9 Å². The molecule has 0 N–H and O–H groups in total. The highest BCUT2D eigenvalue weighted by molar-refractivity contribution is 7.64. The fourth-order valence-corrected chi connectivity index (χ4v) is 4.36. The zero-order chi connectivity index (χ0) is 6.91. The Morgan fingerprint density at radius 3 is 2.56 bits per heavy atom. The third-order valence-corrected chi connectivity index (χ3v) is 5.76. The molecule has 0 amide bonds. The molecule has 1 heterocycles. The van der Waals surface area contributed by atoms with Gasteiger partial charge in [0, 0.05) is 11.8 Å². The first kappa shape index (κ1) is 7.34. The van der Waals surface area contributed by atoms with Crippen LogP contribution in [0.4, 0.5) is 0 Å². The molecule has 1 aliphatic heterocycles. The van der Waals surface area contributed by atoms with Gasteiger partial charge in [-0.15, -0.1) is 0 Å². The number of rotatable bonds is 1. The molecule has 0 aromatic heterocycles. The predicted octanol–water partition coefficient (Wildman–Crippen LogP) is 2.55. The molecule has 1 aliphatic rings. The highest BCUT2D eigenvalue weighted by Gasteiger charge is 2.31. The van der Waals surface area contributed by atoms with Gasteiger partial charge < -0.3 is 4.57 Å². The Kier molecular flexibility index (Phi) is 2.00. The smallest absolute Gasteiger partial charge is 0.0877 e. The molecular formula is C7H15OP. The zero-order valence-corrected chi connectivity index (χ0v) is 7.16. The SMILES string of the molecule is CCC1CCCP1(C)=O. The molecule has 1 saturated heterocycles. The van der Waals surface area contributed by atoms with E-state index in [9.17, 15) is 4.57 Å². The van der Waals surface area contributed by atoms with Crippen LogP contribution in [0, 0.1) is 0 Å². The van der Waals surface area contributed by atoms with Crippen LogP contribution in [0.25, 0.3) is 0 Å². The zero-order valence-electron chi connectivity index (χ0n) is 6.26. The third kappa shape index (κ3) is 1.38. The van der Waals surface area contributed by atoms with Gasteiger partial charge >= 0.3 is 0 Å². The summed E-state index contributed by atoms with van der Waals surface area (Å²) >= 11 is 0. The lowest BCUT2D eigenvalue weighted by atomic mass is 10.2. The van der Waals surface area contributed by atoms with Crippen LogP contribution in [0.15, 0.2) is 0 Å². The van der Waals surface area contributed by atoms with Crippen LogP contribution in [0.1, 0.15) is 26.2 Å². The van der Waals surface area contributed by atoms with E-state index in [1.54, 1.807) is 0 Å². The van der Waals surface area contributed by atoms with Crippen molar-refractivity contribution in [2.45, 2.75) is 31.8 Å². The Morgan fingerprint density at radius 1 is 1.67 bits per heavy atom. The molecule has 54 valence electrons. The van der Waals surface area contributed by atoms with E-state index in [2.05, 4.69) is 6.92 Å². The molecule has 0 bridgehead atoms. The van der Waals surface area contributed by atoms with Gasteiger partial charge in [-0.2, -0.15) is 0 Å². The van der Waals surface area contributed by atoms with Crippen molar-refractivity contribution >= 4 is 7.14 Å². The van der Waals surface area contributed by atoms with Crippen LogP contribution in [-0.4, -0.2) is 18.5 Å². The lowest BCUT2D eigenvalue weighted by molar-refractivity contribution is 0.572. The van der Waals surface area contributed by atoms with E-state index < -0.39 is 7.14 Å². The molecule has 2 heteroatoms. The second-order valence-corrected chi connectivity index (χ2v) is 6.63. The Bertz CT molecular complexity index is 142. The van der Waals surface area contributed by atoms with Crippen molar-refractivity contribution in [1.29, 1.82) is 0 Å². The molecule has 0 radical (unpaired) electrons. The summed E-state index contributed by atoms with van der Waals surface area (Å²) in [5, 5.41) is 0. The van der Waals surface area contributed by atoms with E-state index in [-0.39, 0.29) is 0 Å². The van der Waals surface area contributed by atoms with Crippen LogP contribution in [0.2, 0.25) is 0 Å². The van der Waals surface area contributed by atoms with Gasteiger partial charge in [0.25, 0.3) is 0 Å². The highest BCUT2D eigenvalue weighted by atomic mass is 31.2. The molecule has 1 rings (SSSR count). The molecule has 2 unspecified atom stereocenters. The van der Waals surface area contributed by atoms with Gasteiger partial charge in [-0.1, -0.05) is 6.92 Å². The lowest BCUT2D eigenvalue weighted by Gasteiger charge is -2.12. The topological polar surface area (TPSA) is 17.1 Å². The van der Waals surface area contributed by atoms with Crippen molar-refractivity contribution in [2.24, 2.45) is 0 Å². The summed E-state index contributed by atoms with van der Waals surface area (Å²) in [5.74, 6) is 0. The second kappa shape index (κ2) is 2.46. The number of hydrogen-bond acceptors (Lipinski definition) is 1. The third-order valence-electron chi connectivity index (χ3n) is 2.38. The molecule has 0 spiro atoms. The van der Waals surface area contributed by atoms with Crippen LogP contribution in [0.3, 0.4) is 0 Å². The van der Waals surface area contributed by atoms with E-state index in [1.807, 2.05) is 6.66 Å². The standard InChI is InChI=1S/C7H15OP/c1-3-7-5-4-6-9(7,2)8/h7H,3-6H2,1-2H3. The largest absolute Gasteiger partial charge is 0.324 e. The van der Waals surface area contributed by atoms with Crippen LogP contribution < -0.4 is 0 Å². The monoisotopic (exact) mass is 146 g/mol. The van der Waals surface area contributed by atoms with E-state index in [0.717, 1.165) is 12.6 Å². The van der Waals surface area contributed by atoms with Gasteiger partial charge in [-0.25, -0.2) is 0 Å². The van der Waals surface area contributed by atoms with Crippen molar-refractivity contribution in [3.05, 3.63) is 0 Å². The van der Waals surface area contributed by atoms with Crippen molar-refractivity contribution in [2.75, 3.05) is 12.8 Å². The van der Waals surface area contributed by atoms with E-state index >= 15 is 0 Å². The molecule has 0 aromatic carbocycles. The first-order valence-electron chi connectivity index (χ1n) is 3.73. The first-order valence-corrected chi connectivity index (χ1v) is 6.14. The van der Waals surface area contributed by atoms with Crippen LogP contribution in [0.5, 0.6) is 0 Å². The minimum Gasteiger partial charge on any atom is -0.324 e. The molecule has 9 heavy (non-hydrogen) atoms. The van der Waals surface area contributed by atoms with Gasteiger partial charge in [0.15, 0.2) is 0 Å². The number of hydrogen-bond donors (Lipinski definition) is 0. The summed E-state index contributed by atoms with van der Waals surface area (Å²) in [7, 11) is -1.65. The van der Waals surface area contributed by atoms with E-state index in [0.29, 0.717) is 5.66 Å². The fourth-order valence-electron chi connectivity index (χ4n) is 1.69. The quantitative estimate of drug-likeness (QED) is 0.519. The van der Waals surface area contributed by atoms with Crippen molar-refractivity contribution in [3.63, 3.8) is 0 Å². The molecular weight excluding hydrogens is 131 g/mol. The maximum absolute atomic E-state index is 11.6. The van der Waals surface area contributed by atoms with Gasteiger partial charge in [0.2, 0.25) is 0 Å². The maximum atomic E-state index is 11.6. The molecule has 0 aromatic rings. The van der Waals surface area contributed by atoms with Crippen molar-refractivity contribution in [3.8, 4) is 0 Å². The average Bonchev–Trinajstić information content (AvgIpc) is 2.08. The summed E-state index contributed by atoms with van der Waals surface area (Å²) in [6, 6.07) is 0. The summed E-state index contributed by atoms with van der Waals surface area (Å²) in [6.45, 7) is 4.11. The normalized spacial score (nSPS) is 43.6. The maximum Gasteiger partial charge on any atom is 0.0877 e. The minimum absolute atomic E-state index is 0.567. The molecule has 1 fully saturated rings. The lowest BCUT2D eigenvalue weighted by Crippen LogP contribution is -1.98. The summed E-state index contributed by atoms with van der Waals surface area (Å²) in [6.07, 6.45) is 4.54. The Hall–Kier alpha value is 0.230. The fraction of sp³-hybridized carbons (Fsp3) is 1.00. The first-order chi connectivity index (χ1) is 4.17. The molecule has 2 atom stereocenters. The molecule has 0 aliphatic carbocycles. The Labute approximate surface area is 57.2 Å². The molecule has 1 nitrogen and oxygen atoms in total. The van der Waals surface area contributed by atoms with E-state index in [4.69, 9.17) is 0 Å². The summed E-state index contributed by atoms with van der Waals surface area (Å²) < 4.78 is 11.6. The molecule has 0 saturated carbocycles. The van der Waals surface area contributed by atoms with Gasteiger partial charge in [0.1, 0.15) is 0 Å². The van der Waals surface area contributed by atoms with Crippen LogP contribution in [-0.2, 0) is 4.57 Å². The van der Waals surface area contributed by atoms with Crippen molar-refractivity contribution in [1.82, 2.24) is 0 Å². The van der Waals surface area contributed by atoms with Gasteiger partial charge in [0.05, 0.1) is 7.14 Å². The predicted molar refractivity (Wildman–Crippen MR) is 41.7 cm³/mol. The van der Waals surface area contributed by atoms with Crippen molar-refractivity contribution < 1.29 is 4.57 Å². The van der Waals surface area contributed by atoms with Gasteiger partial charge in [-0.3, -0.25) is 0 Å². The van der Waals surface area contributed by atoms with Crippen LogP contribution >= 0.6 is 7.14 Å². The summed E-state index contributed by atoms with van der Waals surface area (Å²) in [4.78, 5) is 0. The minimum atomic E-state index is -1.65. The summed E-state index contributed by atoms with van der Waals surface area (Å²) in [5.41, 5.74) is 0.567. The second-order valence-electron chi connectivity index (χ2n) is 3.10. The Morgan fingerprint density at radius 2 is 2.33 bits per heavy atom. The average molecular weight is 146 g/mol. The highest BCUT2D eigenvalue weighted by Crippen LogP contribution is 2.55. The van der Waals surface area contributed by atoms with E-state index in [1.165, 1.54) is 12.8 Å². The Balaban J connectivity index is 2.63.